The average Bonchev–Trinajstić information content (AvgIpc) is 2.79. The second kappa shape index (κ2) is 14.6. The Kier molecular flexibility index (Phi) is 12.2. The van der Waals surface area contributed by atoms with Crippen molar-refractivity contribution in [3.8, 4) is 0 Å². The lowest BCUT2D eigenvalue weighted by Gasteiger charge is -2.25. The number of aliphatic imine (C=N–C) groups is 1. The molecule has 0 heterocycles. The number of carbonyl (C=O) groups is 4. The van der Waals surface area contributed by atoms with Gasteiger partial charge in [0.15, 0.2) is 5.96 Å². The number of benzene rings is 1. The number of nitrogens with two attached hydrogens (primary N) is 3. The van der Waals surface area contributed by atoms with Crippen LogP contribution in [0.3, 0.4) is 0 Å². The van der Waals surface area contributed by atoms with Crippen LogP contribution in [0.2, 0.25) is 0 Å². The number of hydrogen-bond acceptors (Lipinski definition) is 6. The van der Waals surface area contributed by atoms with Crippen molar-refractivity contribution in [2.45, 2.75) is 64.2 Å². The molecule has 4 unspecified atom stereocenters. The molecule has 194 valence electrons. The van der Waals surface area contributed by atoms with Crippen molar-refractivity contribution in [1.82, 2.24) is 16.0 Å². The molecule has 0 aliphatic carbocycles. The number of guanidine groups is 1. The molecule has 0 saturated carbocycles. The number of nitrogens with one attached hydrogen (secondary N) is 3. The Morgan fingerprint density at radius 1 is 0.914 bits per heavy atom. The lowest BCUT2D eigenvalue weighted by molar-refractivity contribution is -0.141. The molecule has 10 N–H and O–H groups in total. The molecule has 4 atom stereocenters. The molecule has 3 amide bonds. The van der Waals surface area contributed by atoms with E-state index in [2.05, 4.69) is 20.9 Å². The molecule has 0 radical (unpaired) electrons. The number of carboxylic acids is 1. The molecule has 0 aliphatic heterocycles. The first kappa shape index (κ1) is 29.4. The molecule has 1 aromatic rings. The van der Waals surface area contributed by atoms with Gasteiger partial charge in [0.2, 0.25) is 17.7 Å². The van der Waals surface area contributed by atoms with Crippen molar-refractivity contribution in [3.63, 3.8) is 0 Å². The quantitative estimate of drug-likeness (QED) is 0.0953. The van der Waals surface area contributed by atoms with E-state index in [1.165, 1.54) is 6.92 Å². The Bertz CT molecular complexity index is 888. The molecule has 1 rings (SSSR count). The van der Waals surface area contributed by atoms with E-state index in [1.54, 1.807) is 26.0 Å². The molecule has 12 nitrogen and oxygen atoms in total. The monoisotopic (exact) mass is 491 g/mol. The first-order chi connectivity index (χ1) is 16.4. The highest BCUT2D eigenvalue weighted by Crippen LogP contribution is 2.07. The number of amides is 3. The topological polar surface area (TPSA) is 215 Å². The van der Waals surface area contributed by atoms with Gasteiger partial charge in [-0.05, 0) is 31.2 Å². The summed E-state index contributed by atoms with van der Waals surface area (Å²) >= 11 is 0. The lowest BCUT2D eigenvalue weighted by atomic mass is 10.0. The van der Waals surface area contributed by atoms with Gasteiger partial charge in [-0.15, -0.1) is 0 Å². The first-order valence-electron chi connectivity index (χ1n) is 11.4. The van der Waals surface area contributed by atoms with Crippen LogP contribution in [0.25, 0.3) is 0 Å². The molecule has 0 aromatic heterocycles. The predicted octanol–water partition coefficient (Wildman–Crippen LogP) is -1.18. The van der Waals surface area contributed by atoms with Gasteiger partial charge in [-0.25, -0.2) is 0 Å². The lowest BCUT2D eigenvalue weighted by Crippen LogP contribution is -2.57. The zero-order valence-electron chi connectivity index (χ0n) is 20.4. The van der Waals surface area contributed by atoms with Crippen molar-refractivity contribution in [2.24, 2.45) is 28.1 Å². The zero-order valence-corrected chi connectivity index (χ0v) is 20.4. The van der Waals surface area contributed by atoms with Crippen LogP contribution in [0.1, 0.15) is 39.2 Å². The summed E-state index contributed by atoms with van der Waals surface area (Å²) < 4.78 is 0. The van der Waals surface area contributed by atoms with Gasteiger partial charge in [0.05, 0.1) is 6.04 Å². The van der Waals surface area contributed by atoms with E-state index in [-0.39, 0.29) is 31.3 Å². The van der Waals surface area contributed by atoms with Crippen molar-refractivity contribution >= 4 is 29.7 Å². The summed E-state index contributed by atoms with van der Waals surface area (Å²) in [6.45, 7) is 5.10. The molecule has 0 fully saturated rings. The van der Waals surface area contributed by atoms with Gasteiger partial charge in [0, 0.05) is 13.0 Å². The highest BCUT2D eigenvalue weighted by atomic mass is 16.4. The van der Waals surface area contributed by atoms with Crippen LogP contribution >= 0.6 is 0 Å². The standard InChI is InChI=1S/C23H37N7O5/c1-13(2)18(24)21(33)30-17(12-15-8-5-4-6-9-15)20(32)29-16(10-7-11-27-23(25)26)19(31)28-14(3)22(34)35/h4-6,8-9,13-14,16-18H,7,10-12,24H2,1-3H3,(H,28,31)(H,29,32)(H,30,33)(H,34,35)(H4,25,26,27). The van der Waals surface area contributed by atoms with Crippen molar-refractivity contribution in [1.29, 1.82) is 0 Å². The Morgan fingerprint density at radius 3 is 2.03 bits per heavy atom. The second-order valence-corrected chi connectivity index (χ2v) is 8.60. The normalized spacial score (nSPS) is 14.2. The summed E-state index contributed by atoms with van der Waals surface area (Å²) in [6, 6.07) is 4.97. The molecule has 0 aliphatic rings. The van der Waals surface area contributed by atoms with Gasteiger partial charge in [-0.1, -0.05) is 44.2 Å². The summed E-state index contributed by atoms with van der Waals surface area (Å²) in [7, 11) is 0. The molecule has 12 heteroatoms. The molecule has 0 bridgehead atoms. The zero-order chi connectivity index (χ0) is 26.5. The number of aliphatic carboxylic acids is 1. The van der Waals surface area contributed by atoms with Crippen LogP contribution in [-0.2, 0) is 25.6 Å². The summed E-state index contributed by atoms with van der Waals surface area (Å²) in [6.07, 6.45) is 0.640. The van der Waals surface area contributed by atoms with E-state index in [9.17, 15) is 19.2 Å². The van der Waals surface area contributed by atoms with Gasteiger partial charge < -0.3 is 38.3 Å². The van der Waals surface area contributed by atoms with Crippen molar-refractivity contribution in [2.75, 3.05) is 6.54 Å². The predicted molar refractivity (Wildman–Crippen MR) is 132 cm³/mol. The average molecular weight is 492 g/mol. The molecule has 1 aromatic carbocycles. The minimum absolute atomic E-state index is 0.110. The highest BCUT2D eigenvalue weighted by Gasteiger charge is 2.30. The fraction of sp³-hybridized carbons (Fsp3) is 0.522. The molecule has 35 heavy (non-hydrogen) atoms. The van der Waals surface area contributed by atoms with Gasteiger partial charge in [0.25, 0.3) is 0 Å². The number of carboxylic acid groups (broad SMARTS) is 1. The number of carbonyl (C=O) groups excluding carboxylic acids is 3. The number of rotatable bonds is 14. The van der Waals surface area contributed by atoms with E-state index >= 15 is 0 Å². The molecular weight excluding hydrogens is 454 g/mol. The van der Waals surface area contributed by atoms with Crippen LogP contribution in [-0.4, -0.2) is 65.5 Å². The van der Waals surface area contributed by atoms with E-state index < -0.39 is 47.9 Å². The summed E-state index contributed by atoms with van der Waals surface area (Å²) in [5, 5.41) is 16.8. The third kappa shape index (κ3) is 10.9. The molecule has 0 spiro atoms. The van der Waals surface area contributed by atoms with Crippen molar-refractivity contribution in [3.05, 3.63) is 35.9 Å². The molecular formula is C23H37N7O5. The Balaban J connectivity index is 3.07. The maximum Gasteiger partial charge on any atom is 0.325 e. The minimum Gasteiger partial charge on any atom is -0.480 e. The SMILES string of the molecule is CC(NC(=O)C(CCCN=C(N)N)NC(=O)C(Cc1ccccc1)NC(=O)C(N)C(C)C)C(=O)O. The van der Waals surface area contributed by atoms with E-state index in [0.717, 1.165) is 5.56 Å². The summed E-state index contributed by atoms with van der Waals surface area (Å²) in [5.41, 5.74) is 17.4. The Morgan fingerprint density at radius 2 is 1.49 bits per heavy atom. The van der Waals surface area contributed by atoms with Crippen LogP contribution in [0, 0.1) is 5.92 Å². The third-order valence-electron chi connectivity index (χ3n) is 5.24. The smallest absolute Gasteiger partial charge is 0.325 e. The molecule has 0 saturated heterocycles. The Labute approximate surface area is 205 Å². The minimum atomic E-state index is -1.22. The second-order valence-electron chi connectivity index (χ2n) is 8.60. The number of nitrogens with zero attached hydrogens (tertiary/aromatic N) is 1. The first-order valence-corrected chi connectivity index (χ1v) is 11.4. The maximum absolute atomic E-state index is 13.2. The van der Waals surface area contributed by atoms with Crippen LogP contribution in [0.15, 0.2) is 35.3 Å². The van der Waals surface area contributed by atoms with E-state index in [0.29, 0.717) is 6.42 Å². The maximum atomic E-state index is 13.2. The number of hydrogen-bond donors (Lipinski definition) is 7. The van der Waals surface area contributed by atoms with Crippen molar-refractivity contribution < 1.29 is 24.3 Å². The van der Waals surface area contributed by atoms with Crippen LogP contribution < -0.4 is 33.2 Å². The third-order valence-corrected chi connectivity index (χ3v) is 5.24. The highest BCUT2D eigenvalue weighted by molar-refractivity contribution is 5.94. The summed E-state index contributed by atoms with van der Waals surface area (Å²) in [4.78, 5) is 53.6. The van der Waals surface area contributed by atoms with Crippen LogP contribution in [0.4, 0.5) is 0 Å². The van der Waals surface area contributed by atoms with Crippen LogP contribution in [0.5, 0.6) is 0 Å². The largest absolute Gasteiger partial charge is 0.480 e. The fourth-order valence-corrected chi connectivity index (χ4v) is 3.05. The fourth-order valence-electron chi connectivity index (χ4n) is 3.05. The van der Waals surface area contributed by atoms with Gasteiger partial charge in [-0.2, -0.15) is 0 Å². The summed E-state index contributed by atoms with van der Waals surface area (Å²) in [5.74, 6) is -3.27. The van der Waals surface area contributed by atoms with Gasteiger partial charge in [0.1, 0.15) is 18.1 Å². The van der Waals surface area contributed by atoms with Gasteiger partial charge >= 0.3 is 5.97 Å². The van der Waals surface area contributed by atoms with E-state index in [1.807, 2.05) is 18.2 Å². The van der Waals surface area contributed by atoms with E-state index in [4.69, 9.17) is 22.3 Å². The Hall–Kier alpha value is -3.67. The van der Waals surface area contributed by atoms with Gasteiger partial charge in [-0.3, -0.25) is 24.2 Å².